The van der Waals surface area contributed by atoms with E-state index in [1.54, 1.807) is 28.9 Å². The molecule has 0 atom stereocenters. The van der Waals surface area contributed by atoms with E-state index in [2.05, 4.69) is 5.10 Å². The third-order valence-corrected chi connectivity index (χ3v) is 4.80. The van der Waals surface area contributed by atoms with Crippen molar-refractivity contribution < 1.29 is 14.3 Å². The number of rotatable bonds is 5. The first-order valence-electron chi connectivity index (χ1n) is 9.01. The second-order valence-corrected chi connectivity index (χ2v) is 7.06. The standard InChI is InChI=1S/C21H20ClN3O3/c1-24(13-16-12-23-25(14-16)17-5-3-2-4-6-17)20(26)11-15-9-18(22)21-19(10-15)27-7-8-28-21/h2-6,9-10,12,14H,7-8,11,13H2,1H3. The van der Waals surface area contributed by atoms with Crippen LogP contribution >= 0.6 is 11.6 Å². The number of hydrogen-bond acceptors (Lipinski definition) is 4. The van der Waals surface area contributed by atoms with E-state index in [0.29, 0.717) is 36.3 Å². The molecule has 2 aromatic carbocycles. The molecule has 0 N–H and O–H groups in total. The first-order valence-corrected chi connectivity index (χ1v) is 9.39. The highest BCUT2D eigenvalue weighted by Gasteiger charge is 2.19. The Balaban J connectivity index is 1.42. The smallest absolute Gasteiger partial charge is 0.227 e. The van der Waals surface area contributed by atoms with E-state index in [0.717, 1.165) is 16.8 Å². The molecule has 2 heterocycles. The van der Waals surface area contributed by atoms with E-state index in [9.17, 15) is 4.79 Å². The number of para-hydroxylation sites is 1. The van der Waals surface area contributed by atoms with Gasteiger partial charge < -0.3 is 14.4 Å². The van der Waals surface area contributed by atoms with Crippen LogP contribution in [0.15, 0.2) is 54.9 Å². The third kappa shape index (κ3) is 3.97. The molecular formula is C21H20ClN3O3. The molecule has 0 saturated carbocycles. The summed E-state index contributed by atoms with van der Waals surface area (Å²) in [6.45, 7) is 1.43. The largest absolute Gasteiger partial charge is 0.486 e. The molecule has 1 aliphatic rings. The molecule has 7 heteroatoms. The van der Waals surface area contributed by atoms with Gasteiger partial charge in [-0.05, 0) is 29.8 Å². The molecule has 0 unspecified atom stereocenters. The summed E-state index contributed by atoms with van der Waals surface area (Å²) in [5.41, 5.74) is 2.74. The molecule has 3 aromatic rings. The topological polar surface area (TPSA) is 56.6 Å². The molecule has 6 nitrogen and oxygen atoms in total. The Morgan fingerprint density at radius 1 is 1.18 bits per heavy atom. The van der Waals surface area contributed by atoms with Crippen LogP contribution in [0.4, 0.5) is 0 Å². The molecule has 1 amide bonds. The minimum atomic E-state index is -0.0137. The minimum absolute atomic E-state index is 0.0137. The fourth-order valence-electron chi connectivity index (χ4n) is 3.10. The molecule has 1 aliphatic heterocycles. The number of hydrogen-bond donors (Lipinski definition) is 0. The quantitative estimate of drug-likeness (QED) is 0.661. The van der Waals surface area contributed by atoms with Gasteiger partial charge in [0.25, 0.3) is 0 Å². The summed E-state index contributed by atoms with van der Waals surface area (Å²) < 4.78 is 12.9. The van der Waals surface area contributed by atoms with Gasteiger partial charge in [0.2, 0.25) is 5.91 Å². The summed E-state index contributed by atoms with van der Waals surface area (Å²) >= 11 is 6.26. The SMILES string of the molecule is CN(Cc1cnn(-c2ccccc2)c1)C(=O)Cc1cc(Cl)c2c(c1)OCCO2. The van der Waals surface area contributed by atoms with Gasteiger partial charge in [0.1, 0.15) is 13.2 Å². The molecule has 1 aromatic heterocycles. The number of amides is 1. The van der Waals surface area contributed by atoms with Crippen molar-refractivity contribution in [3.63, 3.8) is 0 Å². The van der Waals surface area contributed by atoms with E-state index in [1.165, 1.54) is 0 Å². The molecular weight excluding hydrogens is 378 g/mol. The van der Waals surface area contributed by atoms with Gasteiger partial charge in [-0.3, -0.25) is 4.79 Å². The summed E-state index contributed by atoms with van der Waals surface area (Å²) in [4.78, 5) is 14.3. The fraction of sp³-hybridized carbons (Fsp3) is 0.238. The maximum absolute atomic E-state index is 12.7. The number of likely N-dealkylation sites (N-methyl/N-ethyl adjacent to an activating group) is 1. The highest BCUT2D eigenvalue weighted by Crippen LogP contribution is 2.38. The Bertz CT molecular complexity index is 988. The van der Waals surface area contributed by atoms with Gasteiger partial charge >= 0.3 is 0 Å². The minimum Gasteiger partial charge on any atom is -0.486 e. The van der Waals surface area contributed by atoms with Crippen molar-refractivity contribution in [3.8, 4) is 17.2 Å². The second kappa shape index (κ2) is 7.94. The lowest BCUT2D eigenvalue weighted by Crippen LogP contribution is -2.27. The molecule has 0 saturated heterocycles. The van der Waals surface area contributed by atoms with Crippen LogP contribution in [0.2, 0.25) is 5.02 Å². The molecule has 0 spiro atoms. The number of ether oxygens (including phenoxy) is 2. The van der Waals surface area contributed by atoms with Crippen LogP contribution < -0.4 is 9.47 Å². The molecule has 28 heavy (non-hydrogen) atoms. The van der Waals surface area contributed by atoms with E-state index >= 15 is 0 Å². The maximum Gasteiger partial charge on any atom is 0.227 e. The Kier molecular flexibility index (Phi) is 5.21. The lowest BCUT2D eigenvalue weighted by atomic mass is 10.1. The fourth-order valence-corrected chi connectivity index (χ4v) is 3.39. The zero-order valence-corrected chi connectivity index (χ0v) is 16.2. The van der Waals surface area contributed by atoms with Gasteiger partial charge in [-0.25, -0.2) is 4.68 Å². The summed E-state index contributed by atoms with van der Waals surface area (Å²) in [5, 5.41) is 4.84. The van der Waals surface area contributed by atoms with Crippen molar-refractivity contribution >= 4 is 17.5 Å². The zero-order chi connectivity index (χ0) is 19.5. The van der Waals surface area contributed by atoms with Crippen LogP contribution in [0.3, 0.4) is 0 Å². The molecule has 0 radical (unpaired) electrons. The Morgan fingerprint density at radius 2 is 1.96 bits per heavy atom. The third-order valence-electron chi connectivity index (χ3n) is 4.51. The Labute approximate surface area is 168 Å². The average Bonchev–Trinajstić information content (AvgIpc) is 3.17. The molecule has 144 valence electrons. The van der Waals surface area contributed by atoms with Gasteiger partial charge in [0.15, 0.2) is 11.5 Å². The first-order chi connectivity index (χ1) is 13.6. The van der Waals surface area contributed by atoms with Crippen molar-refractivity contribution in [1.29, 1.82) is 0 Å². The van der Waals surface area contributed by atoms with Crippen LogP contribution in [-0.2, 0) is 17.8 Å². The van der Waals surface area contributed by atoms with Gasteiger partial charge in [-0.2, -0.15) is 5.10 Å². The number of carbonyl (C=O) groups is 1. The number of fused-ring (bicyclic) bond motifs is 1. The predicted octanol–water partition coefficient (Wildman–Crippen LogP) is 3.50. The number of nitrogens with zero attached hydrogens (tertiary/aromatic N) is 3. The number of carbonyl (C=O) groups excluding carboxylic acids is 1. The van der Waals surface area contributed by atoms with Crippen LogP contribution in [0.5, 0.6) is 11.5 Å². The van der Waals surface area contributed by atoms with Crippen molar-refractivity contribution in [2.24, 2.45) is 0 Å². The van der Waals surface area contributed by atoms with Crippen molar-refractivity contribution in [3.05, 3.63) is 71.0 Å². The van der Waals surface area contributed by atoms with Crippen molar-refractivity contribution in [2.75, 3.05) is 20.3 Å². The van der Waals surface area contributed by atoms with E-state index in [4.69, 9.17) is 21.1 Å². The van der Waals surface area contributed by atoms with Gasteiger partial charge in [0, 0.05) is 25.4 Å². The summed E-state index contributed by atoms with van der Waals surface area (Å²) in [6, 6.07) is 13.4. The number of aromatic nitrogens is 2. The van der Waals surface area contributed by atoms with Crippen LogP contribution in [0, 0.1) is 0 Å². The number of benzene rings is 2. The number of halogens is 1. The normalized spacial score (nSPS) is 12.6. The van der Waals surface area contributed by atoms with Gasteiger partial charge in [-0.15, -0.1) is 0 Å². The summed E-state index contributed by atoms with van der Waals surface area (Å²) in [6.07, 6.45) is 3.94. The Morgan fingerprint density at radius 3 is 2.79 bits per heavy atom. The molecule has 0 bridgehead atoms. The summed E-state index contributed by atoms with van der Waals surface area (Å²) in [5.74, 6) is 1.12. The molecule has 0 fully saturated rings. The first kappa shape index (κ1) is 18.4. The van der Waals surface area contributed by atoms with E-state index in [-0.39, 0.29) is 12.3 Å². The van der Waals surface area contributed by atoms with Crippen LogP contribution in [0.25, 0.3) is 5.69 Å². The second-order valence-electron chi connectivity index (χ2n) is 6.66. The van der Waals surface area contributed by atoms with Gasteiger partial charge in [0.05, 0.1) is 23.3 Å². The highest BCUT2D eigenvalue weighted by atomic mass is 35.5. The average molecular weight is 398 g/mol. The van der Waals surface area contributed by atoms with Gasteiger partial charge in [-0.1, -0.05) is 29.8 Å². The monoisotopic (exact) mass is 397 g/mol. The van der Waals surface area contributed by atoms with Crippen molar-refractivity contribution in [2.45, 2.75) is 13.0 Å². The lowest BCUT2D eigenvalue weighted by molar-refractivity contribution is -0.129. The Hall–Kier alpha value is -2.99. The van der Waals surface area contributed by atoms with Crippen molar-refractivity contribution in [1.82, 2.24) is 14.7 Å². The summed E-state index contributed by atoms with van der Waals surface area (Å²) in [7, 11) is 1.78. The maximum atomic E-state index is 12.7. The van der Waals surface area contributed by atoms with Crippen LogP contribution in [0.1, 0.15) is 11.1 Å². The molecule has 0 aliphatic carbocycles. The predicted molar refractivity (Wildman–Crippen MR) is 106 cm³/mol. The van der Waals surface area contributed by atoms with Crippen LogP contribution in [-0.4, -0.2) is 40.8 Å². The van der Waals surface area contributed by atoms with E-state index < -0.39 is 0 Å². The highest BCUT2D eigenvalue weighted by molar-refractivity contribution is 6.32. The lowest BCUT2D eigenvalue weighted by Gasteiger charge is -2.21. The molecule has 4 rings (SSSR count). The van der Waals surface area contributed by atoms with E-state index in [1.807, 2.05) is 42.6 Å². The zero-order valence-electron chi connectivity index (χ0n) is 15.5.